The zero-order chi connectivity index (χ0) is 15.6. The molecule has 2 heterocycles. The van der Waals surface area contributed by atoms with Crippen LogP contribution in [0.2, 0.25) is 0 Å². The van der Waals surface area contributed by atoms with Crippen molar-refractivity contribution in [3.8, 4) is 6.07 Å². The molecule has 0 aliphatic carbocycles. The maximum Gasteiger partial charge on any atom is 0.326 e. The van der Waals surface area contributed by atoms with E-state index in [2.05, 4.69) is 9.82 Å². The highest BCUT2D eigenvalue weighted by atomic mass is 32.2. The highest BCUT2D eigenvalue weighted by Gasteiger charge is 2.28. The average Bonchev–Trinajstić information content (AvgIpc) is 3.04. The highest BCUT2D eigenvalue weighted by molar-refractivity contribution is 7.91. The highest BCUT2D eigenvalue weighted by Crippen LogP contribution is 2.23. The van der Waals surface area contributed by atoms with E-state index in [0.717, 1.165) is 11.3 Å². The molecule has 0 fully saturated rings. The second-order valence-electron chi connectivity index (χ2n) is 4.07. The molecule has 10 heteroatoms. The molecule has 0 aliphatic rings. The number of nitriles is 1. The van der Waals surface area contributed by atoms with Crippen LogP contribution in [0.5, 0.6) is 0 Å². The fraction of sp³-hybridized carbons (Fsp3) is 0.182. The molecular formula is C11H10N4O4S2. The predicted molar refractivity (Wildman–Crippen MR) is 72.9 cm³/mol. The van der Waals surface area contributed by atoms with Gasteiger partial charge in [0.15, 0.2) is 0 Å². The number of sulfonamides is 1. The molecule has 2 rings (SSSR count). The number of nitrogens with zero attached hydrogens (tertiary/aromatic N) is 3. The summed E-state index contributed by atoms with van der Waals surface area (Å²) in [6.45, 7) is 0. The van der Waals surface area contributed by atoms with Gasteiger partial charge in [0.2, 0.25) is 0 Å². The van der Waals surface area contributed by atoms with E-state index in [9.17, 15) is 18.3 Å². The van der Waals surface area contributed by atoms with Crippen molar-refractivity contribution in [2.45, 2.75) is 10.3 Å². The Morgan fingerprint density at radius 3 is 2.76 bits per heavy atom. The number of carbonyl (C=O) groups is 1. The molecule has 2 aromatic rings. The quantitative estimate of drug-likeness (QED) is 0.822. The van der Waals surface area contributed by atoms with Gasteiger partial charge < -0.3 is 5.11 Å². The molecule has 1 unspecified atom stereocenters. The Morgan fingerprint density at radius 1 is 1.57 bits per heavy atom. The van der Waals surface area contributed by atoms with E-state index in [0.29, 0.717) is 0 Å². The molecule has 0 aliphatic heterocycles. The van der Waals surface area contributed by atoms with Crippen LogP contribution in [-0.2, 0) is 21.9 Å². The Balaban J connectivity index is 2.32. The van der Waals surface area contributed by atoms with Crippen LogP contribution in [0.4, 0.5) is 0 Å². The van der Waals surface area contributed by atoms with Crippen molar-refractivity contribution in [2.75, 3.05) is 0 Å². The first-order valence-corrected chi connectivity index (χ1v) is 7.87. The number of hydrogen-bond acceptors (Lipinski definition) is 6. The van der Waals surface area contributed by atoms with Crippen molar-refractivity contribution in [2.24, 2.45) is 7.05 Å². The van der Waals surface area contributed by atoms with Gasteiger partial charge >= 0.3 is 5.97 Å². The van der Waals surface area contributed by atoms with Crippen LogP contribution >= 0.6 is 11.3 Å². The number of rotatable bonds is 5. The van der Waals surface area contributed by atoms with E-state index in [1.807, 2.05) is 6.07 Å². The minimum absolute atomic E-state index is 0.116. The molecule has 0 saturated heterocycles. The lowest BCUT2D eigenvalue weighted by Crippen LogP contribution is -2.33. The normalized spacial score (nSPS) is 12.8. The number of aryl methyl sites for hydroxylation is 1. The van der Waals surface area contributed by atoms with Crippen molar-refractivity contribution in [3.05, 3.63) is 35.0 Å². The second-order valence-corrected chi connectivity index (χ2v) is 7.09. The summed E-state index contributed by atoms with van der Waals surface area (Å²) >= 11 is 0.769. The van der Waals surface area contributed by atoms with Crippen LogP contribution in [0.25, 0.3) is 0 Å². The number of aromatic nitrogens is 2. The van der Waals surface area contributed by atoms with Crippen molar-refractivity contribution in [1.29, 1.82) is 5.26 Å². The van der Waals surface area contributed by atoms with Gasteiger partial charge in [0, 0.05) is 18.8 Å². The molecule has 2 N–H and O–H groups in total. The van der Waals surface area contributed by atoms with Gasteiger partial charge in [-0.1, -0.05) is 0 Å². The van der Waals surface area contributed by atoms with E-state index in [4.69, 9.17) is 5.26 Å². The zero-order valence-corrected chi connectivity index (χ0v) is 12.3. The third kappa shape index (κ3) is 3.27. The third-order valence-corrected chi connectivity index (χ3v) is 5.44. The molecule has 0 aromatic carbocycles. The molecular weight excluding hydrogens is 316 g/mol. The van der Waals surface area contributed by atoms with Gasteiger partial charge in [-0.2, -0.15) is 15.1 Å². The fourth-order valence-electron chi connectivity index (χ4n) is 1.59. The SMILES string of the molecule is Cn1cc(C(NS(=O)(=O)c2ccc(C#N)s2)C(=O)O)cn1. The molecule has 0 bridgehead atoms. The van der Waals surface area contributed by atoms with Gasteiger partial charge in [0.1, 0.15) is 21.2 Å². The molecule has 0 spiro atoms. The van der Waals surface area contributed by atoms with E-state index < -0.39 is 22.0 Å². The van der Waals surface area contributed by atoms with E-state index in [1.54, 1.807) is 7.05 Å². The van der Waals surface area contributed by atoms with Gasteiger partial charge in [-0.15, -0.1) is 11.3 Å². The standard InChI is InChI=1S/C11H10N4O4S2/c1-15-6-7(5-13-15)10(11(16)17)14-21(18,19)9-3-2-8(4-12)20-9/h2-3,5-6,10,14H,1H3,(H,16,17). The summed E-state index contributed by atoms with van der Waals surface area (Å²) in [5.74, 6) is -1.34. The van der Waals surface area contributed by atoms with Crippen molar-refractivity contribution in [3.63, 3.8) is 0 Å². The zero-order valence-electron chi connectivity index (χ0n) is 10.7. The van der Waals surface area contributed by atoms with E-state index >= 15 is 0 Å². The lowest BCUT2D eigenvalue weighted by Gasteiger charge is -2.12. The number of aliphatic carboxylic acids is 1. The van der Waals surface area contributed by atoms with Crippen molar-refractivity contribution >= 4 is 27.3 Å². The van der Waals surface area contributed by atoms with Gasteiger partial charge in [0.05, 0.1) is 6.20 Å². The number of carboxylic acids is 1. The monoisotopic (exact) mass is 326 g/mol. The summed E-state index contributed by atoms with van der Waals surface area (Å²) in [4.78, 5) is 11.5. The first-order chi connectivity index (χ1) is 9.83. The third-order valence-electron chi connectivity index (χ3n) is 2.53. The van der Waals surface area contributed by atoms with Crippen LogP contribution in [0.1, 0.15) is 16.5 Å². The number of hydrogen-bond donors (Lipinski definition) is 2. The number of carboxylic acid groups (broad SMARTS) is 1. The Kier molecular flexibility index (Phi) is 4.08. The van der Waals surface area contributed by atoms with Crippen LogP contribution in [0, 0.1) is 11.3 Å². The second kappa shape index (κ2) is 5.65. The summed E-state index contributed by atoms with van der Waals surface area (Å²) in [5, 5.41) is 21.7. The summed E-state index contributed by atoms with van der Waals surface area (Å²) in [5.41, 5.74) is 0.214. The average molecular weight is 326 g/mol. The summed E-state index contributed by atoms with van der Waals surface area (Å²) in [6.07, 6.45) is 2.69. The minimum atomic E-state index is -4.03. The molecule has 21 heavy (non-hydrogen) atoms. The largest absolute Gasteiger partial charge is 0.480 e. The van der Waals surface area contributed by atoms with Crippen LogP contribution in [-0.4, -0.2) is 29.3 Å². The number of thiophene rings is 1. The first kappa shape index (κ1) is 15.2. The maximum atomic E-state index is 12.2. The van der Waals surface area contributed by atoms with Crippen LogP contribution < -0.4 is 4.72 Å². The Bertz CT molecular complexity index is 815. The van der Waals surface area contributed by atoms with Gasteiger partial charge in [-0.25, -0.2) is 8.42 Å². The minimum Gasteiger partial charge on any atom is -0.480 e. The fourth-order valence-corrected chi connectivity index (χ4v) is 3.89. The molecule has 8 nitrogen and oxygen atoms in total. The van der Waals surface area contributed by atoms with Crippen LogP contribution in [0.15, 0.2) is 28.7 Å². The Labute approximate surface area is 124 Å². The van der Waals surface area contributed by atoms with E-state index in [1.165, 1.54) is 29.2 Å². The lowest BCUT2D eigenvalue weighted by molar-refractivity contribution is -0.139. The van der Waals surface area contributed by atoms with E-state index in [-0.39, 0.29) is 14.6 Å². The van der Waals surface area contributed by atoms with Crippen molar-refractivity contribution < 1.29 is 18.3 Å². The molecule has 0 saturated carbocycles. The molecule has 110 valence electrons. The molecule has 0 radical (unpaired) electrons. The Hall–Kier alpha value is -2.22. The van der Waals surface area contributed by atoms with Crippen LogP contribution in [0.3, 0.4) is 0 Å². The maximum absolute atomic E-state index is 12.2. The molecule has 1 atom stereocenters. The molecule has 2 aromatic heterocycles. The smallest absolute Gasteiger partial charge is 0.326 e. The predicted octanol–water partition coefficient (Wildman–Crippen LogP) is 0.457. The van der Waals surface area contributed by atoms with Gasteiger partial charge in [0.25, 0.3) is 10.0 Å². The summed E-state index contributed by atoms with van der Waals surface area (Å²) in [7, 11) is -2.44. The topological polar surface area (TPSA) is 125 Å². The van der Waals surface area contributed by atoms with Gasteiger partial charge in [-0.05, 0) is 12.1 Å². The molecule has 0 amide bonds. The Morgan fingerprint density at radius 2 is 2.29 bits per heavy atom. The summed E-state index contributed by atoms with van der Waals surface area (Å²) < 4.78 is 27.7. The summed E-state index contributed by atoms with van der Waals surface area (Å²) in [6, 6.07) is 3.00. The van der Waals surface area contributed by atoms with Crippen molar-refractivity contribution in [1.82, 2.24) is 14.5 Å². The van der Waals surface area contributed by atoms with Gasteiger partial charge in [-0.3, -0.25) is 9.48 Å². The number of nitrogens with one attached hydrogen (secondary N) is 1. The lowest BCUT2D eigenvalue weighted by atomic mass is 10.2. The first-order valence-electron chi connectivity index (χ1n) is 5.57.